The first kappa shape index (κ1) is 12.2. The van der Waals surface area contributed by atoms with Crippen molar-refractivity contribution in [1.82, 2.24) is 2.78 Å². The Morgan fingerprint density at radius 3 is 3.00 bits per heavy atom. The summed E-state index contributed by atoms with van der Waals surface area (Å²) in [5.41, 5.74) is 12.3. The Morgan fingerprint density at radius 2 is 2.22 bits per heavy atom. The van der Waals surface area contributed by atoms with Gasteiger partial charge in [0.25, 0.3) is 0 Å². The number of nitrogens with two attached hydrogens (primary N) is 1. The third kappa shape index (κ3) is 1.90. The predicted octanol–water partition coefficient (Wildman–Crippen LogP) is 4.13. The fraction of sp³-hybridized carbons (Fsp3) is 0.214. The van der Waals surface area contributed by atoms with Crippen LogP contribution in [0.1, 0.15) is 17.7 Å². The summed E-state index contributed by atoms with van der Waals surface area (Å²) in [5, 5.41) is 1.31. The van der Waals surface area contributed by atoms with Crippen molar-refractivity contribution in [1.29, 1.82) is 0 Å². The molecule has 1 aromatic carbocycles. The molecule has 0 amide bonds. The van der Waals surface area contributed by atoms with Gasteiger partial charge in [0, 0.05) is 28.5 Å². The second-order valence-corrected chi connectivity index (χ2v) is 6.33. The van der Waals surface area contributed by atoms with E-state index in [0.717, 1.165) is 24.7 Å². The molecule has 2 N–H and O–H groups in total. The van der Waals surface area contributed by atoms with Crippen molar-refractivity contribution in [3.8, 4) is 0 Å². The lowest BCUT2D eigenvalue weighted by Crippen LogP contribution is -2.01. The Kier molecular flexibility index (Phi) is 3.20. The molecule has 1 aliphatic carbocycles. The van der Waals surface area contributed by atoms with E-state index in [4.69, 9.17) is 5.73 Å². The van der Waals surface area contributed by atoms with Crippen molar-refractivity contribution in [2.75, 3.05) is 11.9 Å². The Balaban J connectivity index is 2.26. The van der Waals surface area contributed by atoms with Crippen LogP contribution < -0.4 is 5.73 Å². The summed E-state index contributed by atoms with van der Waals surface area (Å²) in [7, 11) is 1.21. The monoisotopic (exact) mass is 368 g/mol. The van der Waals surface area contributed by atoms with Gasteiger partial charge in [0.2, 0.25) is 0 Å². The molecule has 0 fully saturated rings. The van der Waals surface area contributed by atoms with Gasteiger partial charge in [-0.15, -0.1) is 8.20 Å². The zero-order chi connectivity index (χ0) is 12.7. The van der Waals surface area contributed by atoms with Crippen LogP contribution in [0.2, 0.25) is 0 Å². The fourth-order valence-electron chi connectivity index (χ4n) is 2.56. The van der Waals surface area contributed by atoms with Crippen molar-refractivity contribution in [3.05, 3.63) is 35.0 Å². The van der Waals surface area contributed by atoms with Gasteiger partial charge in [0.05, 0.1) is 28.4 Å². The standard InChI is InChI=1S/C14H14IN2P/c1-18-8-9-2-5-13-12(6-9)11-4-3-10(16)7-14(11)17(13)15/h3-4,6-7H,1-2,5,8,16H2. The molecule has 18 heavy (non-hydrogen) atoms. The molecule has 0 saturated carbocycles. The highest BCUT2D eigenvalue weighted by atomic mass is 127. The first-order valence-corrected chi connectivity index (χ1v) is 8.14. The van der Waals surface area contributed by atoms with Gasteiger partial charge in [0.15, 0.2) is 0 Å². The van der Waals surface area contributed by atoms with Crippen molar-refractivity contribution in [2.24, 2.45) is 0 Å². The van der Waals surface area contributed by atoms with Crippen LogP contribution in [0.15, 0.2) is 23.8 Å². The zero-order valence-electron chi connectivity index (χ0n) is 9.99. The minimum atomic E-state index is 0.829. The first-order valence-electron chi connectivity index (χ1n) is 5.91. The fourth-order valence-corrected chi connectivity index (χ4v) is 4.00. The van der Waals surface area contributed by atoms with Crippen LogP contribution in [0, 0.1) is 0 Å². The van der Waals surface area contributed by atoms with Crippen LogP contribution >= 0.6 is 31.1 Å². The van der Waals surface area contributed by atoms with E-state index >= 15 is 0 Å². The summed E-state index contributed by atoms with van der Waals surface area (Å²) in [5.74, 6) is 0. The number of aromatic nitrogens is 1. The van der Waals surface area contributed by atoms with Crippen molar-refractivity contribution in [2.45, 2.75) is 12.8 Å². The van der Waals surface area contributed by atoms with Gasteiger partial charge >= 0.3 is 0 Å². The largest absolute Gasteiger partial charge is 0.399 e. The molecule has 0 saturated heterocycles. The number of hydrogen-bond donors (Lipinski definition) is 1. The molecule has 0 aliphatic heterocycles. The molecule has 2 aromatic rings. The minimum Gasteiger partial charge on any atom is -0.399 e. The second kappa shape index (κ2) is 4.71. The molecule has 1 aromatic heterocycles. The van der Waals surface area contributed by atoms with Crippen molar-refractivity contribution >= 4 is 60.0 Å². The number of nitrogens with zero attached hydrogens (tertiary/aromatic N) is 1. The molecular formula is C14H14IN2P. The second-order valence-electron chi connectivity index (χ2n) is 4.60. The van der Waals surface area contributed by atoms with Crippen LogP contribution in [0.25, 0.3) is 17.0 Å². The number of allylic oxidation sites excluding steroid dienone is 1. The number of anilines is 1. The summed E-state index contributed by atoms with van der Waals surface area (Å²) in [6.07, 6.45) is 9.64. The number of fused-ring (bicyclic) bond motifs is 3. The van der Waals surface area contributed by atoms with E-state index in [0.29, 0.717) is 0 Å². The molecule has 1 heterocycles. The van der Waals surface area contributed by atoms with E-state index in [-0.39, 0.29) is 0 Å². The highest BCUT2D eigenvalue weighted by Gasteiger charge is 2.18. The molecular weight excluding hydrogens is 354 g/mol. The van der Waals surface area contributed by atoms with Gasteiger partial charge in [-0.3, -0.25) is 2.78 Å². The lowest BCUT2D eigenvalue weighted by Gasteiger charge is -2.13. The Labute approximate surface area is 122 Å². The summed E-state index contributed by atoms with van der Waals surface area (Å²) in [6, 6.07) is 6.19. The number of hydrogen-bond acceptors (Lipinski definition) is 1. The molecule has 2 nitrogen and oxygen atoms in total. The molecule has 0 radical (unpaired) electrons. The summed E-state index contributed by atoms with van der Waals surface area (Å²) >= 11 is 2.38. The predicted molar refractivity (Wildman–Crippen MR) is 91.0 cm³/mol. The lowest BCUT2D eigenvalue weighted by molar-refractivity contribution is 0.899. The van der Waals surface area contributed by atoms with E-state index in [1.807, 2.05) is 6.07 Å². The Hall–Kier alpha value is -0.800. The van der Waals surface area contributed by atoms with Crippen LogP contribution in [0.5, 0.6) is 0 Å². The number of rotatable bonds is 2. The molecule has 3 rings (SSSR count). The Morgan fingerprint density at radius 1 is 1.39 bits per heavy atom. The van der Waals surface area contributed by atoms with E-state index < -0.39 is 0 Å². The van der Waals surface area contributed by atoms with Gasteiger partial charge in [-0.05, 0) is 25.0 Å². The maximum Gasteiger partial charge on any atom is 0.0643 e. The zero-order valence-corrected chi connectivity index (χ0v) is 13.0. The van der Waals surface area contributed by atoms with Crippen LogP contribution in [0.3, 0.4) is 0 Å². The number of nitrogen functional groups attached to an aromatic ring is 1. The molecule has 0 spiro atoms. The maximum absolute atomic E-state index is 5.88. The van der Waals surface area contributed by atoms with Gasteiger partial charge in [0.1, 0.15) is 0 Å². The SMILES string of the molecule is C=PCC1=Cc2c(n(I)c3cc(N)ccc23)CC1. The summed E-state index contributed by atoms with van der Waals surface area (Å²) in [6.45, 7) is 0. The third-order valence-corrected chi connectivity index (χ3v) is 5.15. The van der Waals surface area contributed by atoms with E-state index in [9.17, 15) is 0 Å². The quantitative estimate of drug-likeness (QED) is 0.483. The number of halogens is 1. The molecule has 92 valence electrons. The third-order valence-electron chi connectivity index (χ3n) is 3.42. The molecule has 1 aliphatic rings. The van der Waals surface area contributed by atoms with Crippen LogP contribution in [-0.4, -0.2) is 15.2 Å². The highest BCUT2D eigenvalue weighted by molar-refractivity contribution is 14.1. The Bertz CT molecular complexity index is 670. The molecule has 0 bridgehead atoms. The summed E-state index contributed by atoms with van der Waals surface area (Å²) in [4.78, 5) is 0. The van der Waals surface area contributed by atoms with Gasteiger partial charge in [-0.25, -0.2) is 0 Å². The van der Waals surface area contributed by atoms with E-state index in [1.165, 1.54) is 35.9 Å². The lowest BCUT2D eigenvalue weighted by atomic mass is 9.97. The van der Waals surface area contributed by atoms with E-state index in [2.05, 4.69) is 50.2 Å². The van der Waals surface area contributed by atoms with Crippen LogP contribution in [-0.2, 0) is 6.42 Å². The van der Waals surface area contributed by atoms with Gasteiger partial charge < -0.3 is 5.73 Å². The average Bonchev–Trinajstić information content (AvgIpc) is 2.63. The van der Waals surface area contributed by atoms with Gasteiger partial charge in [-0.2, -0.15) is 0 Å². The first-order chi connectivity index (χ1) is 8.70. The highest BCUT2D eigenvalue weighted by Crippen LogP contribution is 2.36. The molecule has 0 atom stereocenters. The van der Waals surface area contributed by atoms with Crippen molar-refractivity contribution in [3.63, 3.8) is 0 Å². The van der Waals surface area contributed by atoms with Crippen molar-refractivity contribution < 1.29 is 0 Å². The topological polar surface area (TPSA) is 30.9 Å². The molecule has 0 unspecified atom stereocenters. The molecule has 4 heteroatoms. The maximum atomic E-state index is 5.88. The van der Waals surface area contributed by atoms with Gasteiger partial charge in [-0.1, -0.05) is 24.0 Å². The smallest absolute Gasteiger partial charge is 0.0643 e. The average molecular weight is 368 g/mol. The van der Waals surface area contributed by atoms with E-state index in [1.54, 1.807) is 0 Å². The summed E-state index contributed by atoms with van der Waals surface area (Å²) < 4.78 is 2.26. The minimum absolute atomic E-state index is 0.829. The number of benzene rings is 1. The normalized spacial score (nSPS) is 14.8. The van der Waals surface area contributed by atoms with Crippen LogP contribution in [0.4, 0.5) is 5.69 Å².